The Bertz CT molecular complexity index is 4.75. The van der Waals surface area contributed by atoms with Crippen LogP contribution in [0.25, 0.3) is 0 Å². The zero-order valence-electron chi connectivity index (χ0n) is 19.6. The molecule has 0 unspecified atom stereocenters. The lowest BCUT2D eigenvalue weighted by Crippen LogP contribution is -1.66. The van der Waals surface area contributed by atoms with Crippen LogP contribution in [-0.4, -0.2) is 0 Å². The SMILES string of the molecule is C.CC.CC.CC.CC.CC.CC.CC.CC.CC(C)C. The third-order valence-corrected chi connectivity index (χ3v) is 0. The van der Waals surface area contributed by atoms with Crippen LogP contribution in [0.1, 0.15) is 139 Å². The lowest BCUT2D eigenvalue weighted by atomic mass is 10.3. The Morgan fingerprint density at radius 2 is 0.286 bits per heavy atom. The Balaban J connectivity index is -0.00000000822. The zero-order chi connectivity index (χ0) is 19.6. The van der Waals surface area contributed by atoms with Crippen LogP contribution in [0.2, 0.25) is 0 Å². The van der Waals surface area contributed by atoms with Crippen LogP contribution in [0.3, 0.4) is 0 Å². The Hall–Kier alpha value is 0. The van der Waals surface area contributed by atoms with Gasteiger partial charge in [0, 0.05) is 0 Å². The Morgan fingerprint density at radius 3 is 0.286 bits per heavy atom. The molecule has 0 nitrogen and oxygen atoms in total. The summed E-state index contributed by atoms with van der Waals surface area (Å²) in [6.45, 7) is 38.5. The molecule has 0 atom stereocenters. The summed E-state index contributed by atoms with van der Waals surface area (Å²) in [5, 5.41) is 0. The van der Waals surface area contributed by atoms with Gasteiger partial charge in [-0.15, -0.1) is 0 Å². The second-order valence-electron chi connectivity index (χ2n) is 1.73. The second-order valence-corrected chi connectivity index (χ2v) is 1.73. The molecule has 0 fully saturated rings. The first-order valence-electron chi connectivity index (χ1n) is 9.73. The fourth-order valence-electron chi connectivity index (χ4n) is 0. The van der Waals surface area contributed by atoms with Gasteiger partial charge in [-0.1, -0.05) is 139 Å². The van der Waals surface area contributed by atoms with Gasteiger partial charge in [0.1, 0.15) is 0 Å². The summed E-state index contributed by atoms with van der Waals surface area (Å²) >= 11 is 0. The average Bonchev–Trinajstić information content (AvgIpc) is 2.61. The number of hydrogen-bond donors (Lipinski definition) is 0. The van der Waals surface area contributed by atoms with Crippen molar-refractivity contribution in [2.45, 2.75) is 139 Å². The van der Waals surface area contributed by atoms with E-state index < -0.39 is 0 Å². The Labute approximate surface area is 145 Å². The molecule has 0 heteroatoms. The maximum Gasteiger partial charge on any atom is -0.0500 e. The fraction of sp³-hybridized carbons (Fsp3) is 1.00. The normalized spacial score (nSPS) is 4.00. The van der Waals surface area contributed by atoms with E-state index in [1.54, 1.807) is 0 Å². The average molecular weight is 315 g/mol. The molecule has 0 rings (SSSR count). The van der Waals surface area contributed by atoms with Gasteiger partial charge < -0.3 is 0 Å². The molecule has 146 valence electrons. The molecule has 0 radical (unpaired) electrons. The van der Waals surface area contributed by atoms with Crippen molar-refractivity contribution in [2.24, 2.45) is 5.92 Å². The van der Waals surface area contributed by atoms with E-state index in [9.17, 15) is 0 Å². The molecule has 0 aliphatic carbocycles. The standard InChI is InChI=1S/C4H10.8C2H6.CH4/c1-4(2)3;8*1-2;/h4H,1-3H3;8*1-2H3;1H4. The third-order valence-electron chi connectivity index (χ3n) is 0. The molecule has 0 aromatic rings. The maximum absolute atomic E-state index is 2.17. The van der Waals surface area contributed by atoms with Crippen molar-refractivity contribution < 1.29 is 0 Å². The summed E-state index contributed by atoms with van der Waals surface area (Å²) < 4.78 is 0. The molecular weight excluding hydrogens is 252 g/mol. The Morgan fingerprint density at radius 1 is 0.286 bits per heavy atom. The molecule has 0 N–H and O–H groups in total. The fourth-order valence-corrected chi connectivity index (χ4v) is 0. The van der Waals surface area contributed by atoms with Crippen molar-refractivity contribution in [3.8, 4) is 0 Å². The van der Waals surface area contributed by atoms with Crippen molar-refractivity contribution >= 4 is 0 Å². The van der Waals surface area contributed by atoms with Crippen LogP contribution in [-0.2, 0) is 0 Å². The highest BCUT2D eigenvalue weighted by molar-refractivity contribution is 4.20. The Kier molecular flexibility index (Phi) is 2650. The van der Waals surface area contributed by atoms with Gasteiger partial charge in [0.05, 0.1) is 0 Å². The maximum atomic E-state index is 2.17. The molecule has 0 aromatic carbocycles. The van der Waals surface area contributed by atoms with E-state index in [0.717, 1.165) is 5.92 Å². The van der Waals surface area contributed by atoms with Crippen LogP contribution in [0.15, 0.2) is 0 Å². The lowest BCUT2D eigenvalue weighted by Gasteiger charge is -1.79. The van der Waals surface area contributed by atoms with E-state index in [1.807, 2.05) is 111 Å². The quantitative estimate of drug-likeness (QED) is 0.417. The highest BCUT2D eigenvalue weighted by Crippen LogP contribution is 1.81. The first-order chi connectivity index (χ1) is 9.73. The van der Waals surface area contributed by atoms with Crippen LogP contribution in [0.5, 0.6) is 0 Å². The third kappa shape index (κ3) is 0. The van der Waals surface area contributed by atoms with E-state index in [2.05, 4.69) is 20.8 Å². The molecule has 0 saturated heterocycles. The molecule has 0 bridgehead atoms. The minimum absolute atomic E-state index is 0. The zero-order valence-corrected chi connectivity index (χ0v) is 19.6. The molecule has 21 heavy (non-hydrogen) atoms. The minimum Gasteiger partial charge on any atom is -0.0776 e. The van der Waals surface area contributed by atoms with Gasteiger partial charge in [0.25, 0.3) is 0 Å². The van der Waals surface area contributed by atoms with Crippen molar-refractivity contribution in [3.63, 3.8) is 0 Å². The van der Waals surface area contributed by atoms with Crippen molar-refractivity contribution in [1.82, 2.24) is 0 Å². The van der Waals surface area contributed by atoms with E-state index in [1.165, 1.54) is 0 Å². The largest absolute Gasteiger partial charge is 0.0776 e. The highest BCUT2D eigenvalue weighted by atomic mass is 13.7. The second kappa shape index (κ2) is 802. The van der Waals surface area contributed by atoms with Crippen LogP contribution in [0, 0.1) is 5.92 Å². The van der Waals surface area contributed by atoms with Gasteiger partial charge in [-0.05, 0) is 5.92 Å². The monoisotopic (exact) mass is 314 g/mol. The van der Waals surface area contributed by atoms with E-state index in [0.29, 0.717) is 0 Å². The minimum atomic E-state index is 0. The molecule has 0 saturated carbocycles. The van der Waals surface area contributed by atoms with E-state index in [4.69, 9.17) is 0 Å². The molecule has 0 aliphatic heterocycles. The van der Waals surface area contributed by atoms with Gasteiger partial charge >= 0.3 is 0 Å². The van der Waals surface area contributed by atoms with Gasteiger partial charge in [-0.3, -0.25) is 0 Å². The van der Waals surface area contributed by atoms with Gasteiger partial charge in [0.15, 0.2) is 0 Å². The smallest absolute Gasteiger partial charge is 0.0500 e. The van der Waals surface area contributed by atoms with Gasteiger partial charge in [-0.2, -0.15) is 0 Å². The summed E-state index contributed by atoms with van der Waals surface area (Å²) in [4.78, 5) is 0. The predicted molar refractivity (Wildman–Crippen MR) is 118 cm³/mol. The summed E-state index contributed by atoms with van der Waals surface area (Å²) in [7, 11) is 0. The molecule has 0 spiro atoms. The van der Waals surface area contributed by atoms with Gasteiger partial charge in [0.2, 0.25) is 0 Å². The molecular formula is C21H62. The van der Waals surface area contributed by atoms with Crippen molar-refractivity contribution in [2.75, 3.05) is 0 Å². The van der Waals surface area contributed by atoms with Crippen molar-refractivity contribution in [3.05, 3.63) is 0 Å². The predicted octanol–water partition coefficient (Wildman–Crippen LogP) is 10.5. The van der Waals surface area contributed by atoms with Crippen LogP contribution in [0.4, 0.5) is 0 Å². The molecule has 0 aromatic heterocycles. The van der Waals surface area contributed by atoms with Crippen LogP contribution < -0.4 is 0 Å². The summed E-state index contributed by atoms with van der Waals surface area (Å²) in [5.41, 5.74) is 0. The molecule has 0 amide bonds. The first-order valence-corrected chi connectivity index (χ1v) is 9.73. The van der Waals surface area contributed by atoms with E-state index in [-0.39, 0.29) is 7.43 Å². The van der Waals surface area contributed by atoms with Crippen LogP contribution >= 0.6 is 0 Å². The van der Waals surface area contributed by atoms with Gasteiger partial charge in [-0.25, -0.2) is 0 Å². The highest BCUT2D eigenvalue weighted by Gasteiger charge is 1.68. The topological polar surface area (TPSA) is 0 Å². The summed E-state index contributed by atoms with van der Waals surface area (Å²) in [5.74, 6) is 0.833. The number of rotatable bonds is 0. The molecule has 0 aliphatic rings. The summed E-state index contributed by atoms with van der Waals surface area (Å²) in [6, 6.07) is 0. The summed E-state index contributed by atoms with van der Waals surface area (Å²) in [6.07, 6.45) is 0. The van der Waals surface area contributed by atoms with E-state index >= 15 is 0 Å². The number of hydrogen-bond acceptors (Lipinski definition) is 0. The molecule has 0 heterocycles. The first kappa shape index (κ1) is 69.4. The lowest BCUT2D eigenvalue weighted by molar-refractivity contribution is 0.737. The van der Waals surface area contributed by atoms with Crippen molar-refractivity contribution in [1.29, 1.82) is 0 Å².